The van der Waals surface area contributed by atoms with E-state index in [1.54, 1.807) is 36.4 Å². The maximum atomic E-state index is 12.2. The quantitative estimate of drug-likeness (QED) is 0.928. The molecule has 4 nitrogen and oxygen atoms in total. The van der Waals surface area contributed by atoms with Crippen LogP contribution < -0.4 is 9.46 Å². The van der Waals surface area contributed by atoms with E-state index in [0.29, 0.717) is 15.9 Å². The van der Waals surface area contributed by atoms with Gasteiger partial charge in [0.05, 0.1) is 17.7 Å². The minimum Gasteiger partial charge on any atom is -0.497 e. The third-order valence-electron chi connectivity index (χ3n) is 2.47. The molecule has 0 saturated heterocycles. The van der Waals surface area contributed by atoms with E-state index in [4.69, 9.17) is 4.74 Å². The minimum atomic E-state index is -3.60. The van der Waals surface area contributed by atoms with Gasteiger partial charge in [-0.3, -0.25) is 4.72 Å². The van der Waals surface area contributed by atoms with Gasteiger partial charge in [0.1, 0.15) is 5.75 Å². The Morgan fingerprint density at radius 1 is 1.11 bits per heavy atom. The van der Waals surface area contributed by atoms with Crippen LogP contribution in [0.15, 0.2) is 57.9 Å². The van der Waals surface area contributed by atoms with Gasteiger partial charge in [0, 0.05) is 10.5 Å². The number of methoxy groups -OCH3 is 1. The number of rotatable bonds is 4. The van der Waals surface area contributed by atoms with Gasteiger partial charge in [-0.2, -0.15) is 0 Å². The first kappa shape index (κ1) is 13.9. The molecule has 100 valence electrons. The first-order valence-corrected chi connectivity index (χ1v) is 7.72. The Bertz CT molecular complexity index is 672. The second kappa shape index (κ2) is 5.63. The van der Waals surface area contributed by atoms with Gasteiger partial charge in [-0.1, -0.05) is 18.2 Å². The normalized spacial score (nSPS) is 11.1. The van der Waals surface area contributed by atoms with Crippen molar-refractivity contribution in [2.75, 3.05) is 11.8 Å². The van der Waals surface area contributed by atoms with Crippen molar-refractivity contribution in [3.05, 3.63) is 53.0 Å². The maximum absolute atomic E-state index is 12.2. The number of halogens is 1. The van der Waals surface area contributed by atoms with Crippen molar-refractivity contribution in [1.82, 2.24) is 0 Å². The largest absolute Gasteiger partial charge is 0.497 e. The van der Waals surface area contributed by atoms with Crippen molar-refractivity contribution in [2.45, 2.75) is 4.90 Å². The predicted octanol–water partition coefficient (Wildman–Crippen LogP) is 3.26. The molecule has 2 aromatic carbocycles. The van der Waals surface area contributed by atoms with E-state index in [-0.39, 0.29) is 4.90 Å². The lowest BCUT2D eigenvalue weighted by molar-refractivity contribution is 0.415. The van der Waals surface area contributed by atoms with E-state index in [1.807, 2.05) is 0 Å². The number of hydrogen-bond donors (Lipinski definition) is 1. The summed E-state index contributed by atoms with van der Waals surface area (Å²) in [6, 6.07) is 13.3. The topological polar surface area (TPSA) is 55.4 Å². The second-order valence-corrected chi connectivity index (χ2v) is 6.30. The van der Waals surface area contributed by atoms with Crippen LogP contribution >= 0.6 is 15.9 Å². The summed E-state index contributed by atoms with van der Waals surface area (Å²) in [5, 5.41) is 0. The molecule has 0 aromatic heterocycles. The van der Waals surface area contributed by atoms with Gasteiger partial charge in [-0.15, -0.1) is 0 Å². The minimum absolute atomic E-state index is 0.213. The van der Waals surface area contributed by atoms with Crippen LogP contribution in [0.3, 0.4) is 0 Å². The molecule has 0 aliphatic heterocycles. The molecule has 0 atom stereocenters. The number of sulfonamides is 1. The Morgan fingerprint density at radius 2 is 1.79 bits per heavy atom. The molecule has 0 aliphatic rings. The first-order valence-electron chi connectivity index (χ1n) is 5.44. The molecule has 0 unspecified atom stereocenters. The number of benzene rings is 2. The van der Waals surface area contributed by atoms with Gasteiger partial charge in [-0.25, -0.2) is 8.42 Å². The summed E-state index contributed by atoms with van der Waals surface area (Å²) < 4.78 is 32.6. The standard InChI is InChI=1S/C13H12BrNO3S/c1-18-10-7-8-12(14)13(9-10)15-19(16,17)11-5-3-2-4-6-11/h2-9,15H,1H3. The van der Waals surface area contributed by atoms with E-state index in [0.717, 1.165) is 0 Å². The van der Waals surface area contributed by atoms with Crippen molar-refractivity contribution in [3.8, 4) is 5.75 Å². The predicted molar refractivity (Wildman–Crippen MR) is 77.9 cm³/mol. The highest BCUT2D eigenvalue weighted by Gasteiger charge is 2.15. The molecule has 6 heteroatoms. The zero-order chi connectivity index (χ0) is 13.9. The van der Waals surface area contributed by atoms with Gasteiger partial charge < -0.3 is 4.74 Å². The van der Waals surface area contributed by atoms with Crippen LogP contribution in [-0.4, -0.2) is 15.5 Å². The molecule has 0 heterocycles. The fraction of sp³-hybridized carbons (Fsp3) is 0.0769. The number of anilines is 1. The number of hydrogen-bond acceptors (Lipinski definition) is 3. The molecular weight excluding hydrogens is 330 g/mol. The Morgan fingerprint density at radius 3 is 2.42 bits per heavy atom. The molecule has 2 aromatic rings. The van der Waals surface area contributed by atoms with Crippen LogP contribution in [0.4, 0.5) is 5.69 Å². The summed E-state index contributed by atoms with van der Waals surface area (Å²) in [6.45, 7) is 0. The molecule has 0 fully saturated rings. The smallest absolute Gasteiger partial charge is 0.261 e. The zero-order valence-corrected chi connectivity index (χ0v) is 12.5. The second-order valence-electron chi connectivity index (χ2n) is 3.76. The Balaban J connectivity index is 2.36. The monoisotopic (exact) mass is 341 g/mol. The molecule has 2 rings (SSSR count). The van der Waals surface area contributed by atoms with Crippen molar-refractivity contribution in [1.29, 1.82) is 0 Å². The van der Waals surface area contributed by atoms with E-state index >= 15 is 0 Å². The van der Waals surface area contributed by atoms with E-state index in [2.05, 4.69) is 20.7 Å². The number of nitrogens with one attached hydrogen (secondary N) is 1. The van der Waals surface area contributed by atoms with Crippen molar-refractivity contribution >= 4 is 31.6 Å². The van der Waals surface area contributed by atoms with Gasteiger partial charge >= 0.3 is 0 Å². The molecule has 19 heavy (non-hydrogen) atoms. The summed E-state index contributed by atoms with van der Waals surface area (Å²) in [5.74, 6) is 0.578. The van der Waals surface area contributed by atoms with E-state index in [1.165, 1.54) is 19.2 Å². The van der Waals surface area contributed by atoms with Crippen LogP contribution in [0.1, 0.15) is 0 Å². The molecule has 0 aliphatic carbocycles. The van der Waals surface area contributed by atoms with E-state index in [9.17, 15) is 8.42 Å². The lowest BCUT2D eigenvalue weighted by Crippen LogP contribution is -2.13. The van der Waals surface area contributed by atoms with Crippen molar-refractivity contribution < 1.29 is 13.2 Å². The zero-order valence-electron chi connectivity index (χ0n) is 10.1. The lowest BCUT2D eigenvalue weighted by atomic mass is 10.3. The Kier molecular flexibility index (Phi) is 4.11. The van der Waals surface area contributed by atoms with Gasteiger partial charge in [0.2, 0.25) is 0 Å². The van der Waals surface area contributed by atoms with Crippen LogP contribution in [0, 0.1) is 0 Å². The molecule has 0 amide bonds. The Labute approximate surface area is 120 Å². The summed E-state index contributed by atoms with van der Waals surface area (Å²) in [7, 11) is -2.07. The van der Waals surface area contributed by atoms with Gasteiger partial charge in [-0.05, 0) is 40.2 Å². The average Bonchev–Trinajstić information content (AvgIpc) is 2.42. The van der Waals surface area contributed by atoms with Crippen LogP contribution in [0.2, 0.25) is 0 Å². The molecule has 0 saturated carbocycles. The highest BCUT2D eigenvalue weighted by atomic mass is 79.9. The SMILES string of the molecule is COc1ccc(Br)c(NS(=O)(=O)c2ccccc2)c1. The van der Waals surface area contributed by atoms with Gasteiger partial charge in [0.25, 0.3) is 10.0 Å². The summed E-state index contributed by atoms with van der Waals surface area (Å²) in [4.78, 5) is 0.213. The fourth-order valence-corrected chi connectivity index (χ4v) is 3.08. The van der Waals surface area contributed by atoms with Gasteiger partial charge in [0.15, 0.2) is 0 Å². The van der Waals surface area contributed by atoms with Crippen LogP contribution in [0.25, 0.3) is 0 Å². The van der Waals surface area contributed by atoms with Crippen molar-refractivity contribution in [2.24, 2.45) is 0 Å². The summed E-state index contributed by atoms with van der Waals surface area (Å²) in [6.07, 6.45) is 0. The summed E-state index contributed by atoms with van der Waals surface area (Å²) >= 11 is 3.30. The van der Waals surface area contributed by atoms with Crippen LogP contribution in [-0.2, 0) is 10.0 Å². The highest BCUT2D eigenvalue weighted by Crippen LogP contribution is 2.29. The lowest BCUT2D eigenvalue weighted by Gasteiger charge is -2.11. The maximum Gasteiger partial charge on any atom is 0.261 e. The fourth-order valence-electron chi connectivity index (χ4n) is 1.51. The molecule has 0 spiro atoms. The first-order chi connectivity index (χ1) is 9.03. The van der Waals surface area contributed by atoms with Crippen LogP contribution in [0.5, 0.6) is 5.75 Å². The number of ether oxygens (including phenoxy) is 1. The van der Waals surface area contributed by atoms with Crippen molar-refractivity contribution in [3.63, 3.8) is 0 Å². The third-order valence-corrected chi connectivity index (χ3v) is 4.54. The van der Waals surface area contributed by atoms with E-state index < -0.39 is 10.0 Å². The highest BCUT2D eigenvalue weighted by molar-refractivity contribution is 9.10. The third kappa shape index (κ3) is 3.27. The summed E-state index contributed by atoms with van der Waals surface area (Å²) in [5.41, 5.74) is 0.434. The average molecular weight is 342 g/mol. The molecular formula is C13H12BrNO3S. The molecule has 0 bridgehead atoms. The molecule has 1 N–H and O–H groups in total. The molecule has 0 radical (unpaired) electrons. The Hall–Kier alpha value is -1.53.